The smallest absolute Gasteiger partial charge is 0.328 e. The minimum absolute atomic E-state index is 0.0673. The van der Waals surface area contributed by atoms with Crippen molar-refractivity contribution in [3.8, 4) is 0 Å². The second-order valence-electron chi connectivity index (χ2n) is 8.37. The normalized spacial score (nSPS) is 35.2. The third kappa shape index (κ3) is 8.75. The van der Waals surface area contributed by atoms with E-state index in [0.717, 1.165) is 0 Å². The van der Waals surface area contributed by atoms with Crippen LogP contribution in [0.15, 0.2) is 36.5 Å². The van der Waals surface area contributed by atoms with Crippen LogP contribution in [0, 0.1) is 11.8 Å². The predicted molar refractivity (Wildman–Crippen MR) is 120 cm³/mol. The lowest BCUT2D eigenvalue weighted by Crippen LogP contribution is -2.44. The summed E-state index contributed by atoms with van der Waals surface area (Å²) in [4.78, 5) is 36.6. The molecule has 2 aliphatic rings. The van der Waals surface area contributed by atoms with E-state index in [2.05, 4.69) is 5.32 Å². The van der Waals surface area contributed by atoms with Crippen LogP contribution in [-0.2, 0) is 33.3 Å². The van der Waals surface area contributed by atoms with Gasteiger partial charge >= 0.3 is 11.9 Å². The first-order chi connectivity index (χ1) is 15.7. The maximum absolute atomic E-state index is 12.3. The van der Waals surface area contributed by atoms with Crippen LogP contribution in [0.2, 0.25) is 0 Å². The SMILES string of the molecule is CO[C@@H]1COC(=O)CC=C[C@@H](C)[C@@H]2C=C[C@H](O)[C@@H](COC(=O)[C@H](C)NC(=O)CC=C[C@H]1C)O2. The van der Waals surface area contributed by atoms with Crippen LogP contribution in [0.25, 0.3) is 0 Å². The van der Waals surface area contributed by atoms with E-state index >= 15 is 0 Å². The van der Waals surface area contributed by atoms with Gasteiger partial charge in [0, 0.05) is 25.4 Å². The number of aliphatic hydroxyl groups excluding tert-OH is 1. The lowest BCUT2D eigenvalue weighted by molar-refractivity contribution is -0.157. The number of cyclic esters (lactones) is 2. The monoisotopic (exact) mass is 465 g/mol. The third-order valence-corrected chi connectivity index (χ3v) is 5.61. The molecule has 2 heterocycles. The Hall–Kier alpha value is -2.49. The fraction of sp³-hybridized carbons (Fsp3) is 0.625. The molecule has 7 atom stereocenters. The zero-order valence-electron chi connectivity index (χ0n) is 19.6. The minimum Gasteiger partial charge on any atom is -0.463 e. The van der Waals surface area contributed by atoms with Gasteiger partial charge in [-0.15, -0.1) is 0 Å². The van der Waals surface area contributed by atoms with Crippen LogP contribution in [0.5, 0.6) is 0 Å². The maximum atomic E-state index is 12.3. The number of hydrogen-bond donors (Lipinski definition) is 2. The molecule has 9 nitrogen and oxygen atoms in total. The minimum atomic E-state index is -0.924. The summed E-state index contributed by atoms with van der Waals surface area (Å²) in [5, 5.41) is 12.8. The van der Waals surface area contributed by atoms with Crippen LogP contribution in [-0.4, -0.2) is 73.7 Å². The van der Waals surface area contributed by atoms with Gasteiger partial charge in [-0.1, -0.05) is 50.3 Å². The molecule has 0 saturated heterocycles. The number of fused-ring (bicyclic) bond motifs is 2. The van der Waals surface area contributed by atoms with Gasteiger partial charge in [0.05, 0.1) is 18.6 Å². The number of esters is 2. The Labute approximate surface area is 194 Å². The third-order valence-electron chi connectivity index (χ3n) is 5.61. The molecular weight excluding hydrogens is 430 g/mol. The summed E-state index contributed by atoms with van der Waals surface area (Å²) in [7, 11) is 1.54. The highest BCUT2D eigenvalue weighted by atomic mass is 16.6. The van der Waals surface area contributed by atoms with Crippen LogP contribution in [0.4, 0.5) is 0 Å². The molecule has 0 fully saturated rings. The molecule has 0 aromatic rings. The number of carbonyl (C=O) groups excluding carboxylic acids is 3. The second kappa shape index (κ2) is 13.3. The Morgan fingerprint density at radius 1 is 0.939 bits per heavy atom. The molecule has 2 aliphatic heterocycles. The Balaban J connectivity index is 2.12. The zero-order valence-corrected chi connectivity index (χ0v) is 19.6. The Morgan fingerprint density at radius 2 is 1.64 bits per heavy atom. The predicted octanol–water partition coefficient (Wildman–Crippen LogP) is 1.46. The molecule has 0 unspecified atom stereocenters. The first kappa shape index (κ1) is 26.8. The molecule has 2 rings (SSSR count). The highest BCUT2D eigenvalue weighted by Crippen LogP contribution is 2.21. The summed E-state index contributed by atoms with van der Waals surface area (Å²) >= 11 is 0. The number of hydrogen-bond acceptors (Lipinski definition) is 8. The molecule has 0 saturated carbocycles. The number of aliphatic hydroxyl groups is 1. The van der Waals surface area contributed by atoms with Gasteiger partial charge in [-0.3, -0.25) is 9.59 Å². The number of methoxy groups -OCH3 is 1. The first-order valence-electron chi connectivity index (χ1n) is 11.2. The van der Waals surface area contributed by atoms with Crippen LogP contribution in [0.1, 0.15) is 33.6 Å². The van der Waals surface area contributed by atoms with Crippen LogP contribution in [0.3, 0.4) is 0 Å². The summed E-state index contributed by atoms with van der Waals surface area (Å²) in [5.74, 6) is -1.53. The average molecular weight is 466 g/mol. The van der Waals surface area contributed by atoms with Crippen LogP contribution >= 0.6 is 0 Å². The average Bonchev–Trinajstić information content (AvgIpc) is 2.77. The van der Waals surface area contributed by atoms with Crippen molar-refractivity contribution in [2.24, 2.45) is 11.8 Å². The largest absolute Gasteiger partial charge is 0.463 e. The molecule has 9 heteroatoms. The van der Waals surface area contributed by atoms with Gasteiger partial charge in [-0.05, 0) is 6.92 Å². The van der Waals surface area contributed by atoms with E-state index in [9.17, 15) is 19.5 Å². The van der Waals surface area contributed by atoms with Crippen molar-refractivity contribution < 1.29 is 38.4 Å². The molecule has 0 aliphatic carbocycles. The zero-order chi connectivity index (χ0) is 24.4. The van der Waals surface area contributed by atoms with E-state index in [1.807, 2.05) is 19.9 Å². The van der Waals surface area contributed by atoms with E-state index in [-0.39, 0.29) is 62.0 Å². The van der Waals surface area contributed by atoms with Crippen molar-refractivity contribution in [1.29, 1.82) is 0 Å². The van der Waals surface area contributed by atoms with Crippen molar-refractivity contribution in [2.75, 3.05) is 20.3 Å². The molecule has 0 aromatic heterocycles. The summed E-state index contributed by atoms with van der Waals surface area (Å²) < 4.78 is 21.9. The van der Waals surface area contributed by atoms with Crippen LogP contribution < -0.4 is 5.32 Å². The summed E-state index contributed by atoms with van der Waals surface area (Å²) in [6.45, 7) is 5.28. The number of nitrogens with one attached hydrogen (secondary N) is 1. The van der Waals surface area contributed by atoms with Crippen molar-refractivity contribution in [3.63, 3.8) is 0 Å². The Kier molecular flexibility index (Phi) is 10.8. The van der Waals surface area contributed by atoms with Crippen molar-refractivity contribution in [3.05, 3.63) is 36.5 Å². The summed E-state index contributed by atoms with van der Waals surface area (Å²) in [6, 6.07) is -0.850. The number of amides is 1. The molecular formula is C24H35NO8. The van der Waals surface area contributed by atoms with Crippen molar-refractivity contribution in [2.45, 2.75) is 64.1 Å². The topological polar surface area (TPSA) is 120 Å². The molecule has 184 valence electrons. The standard InChI is InChI=1S/C24H35NO8/c1-15-8-6-10-23(28)31-13-20(30-4)16(2)7-5-9-22(27)25-17(3)24(29)32-14-21-18(26)11-12-19(15)33-21/h5-8,11-12,15-21,26H,9-10,13-14H2,1-4H3,(H,25,27)/t15-,16-,17+,18+,19+,20-,21-/m1/s1. The van der Waals surface area contributed by atoms with E-state index in [1.165, 1.54) is 14.0 Å². The van der Waals surface area contributed by atoms with Gasteiger partial charge in [0.1, 0.15) is 31.5 Å². The van der Waals surface area contributed by atoms with Gasteiger partial charge in [-0.25, -0.2) is 4.79 Å². The van der Waals surface area contributed by atoms with Crippen molar-refractivity contribution >= 4 is 17.8 Å². The van der Waals surface area contributed by atoms with Gasteiger partial charge < -0.3 is 29.4 Å². The molecule has 2 N–H and O–H groups in total. The summed E-state index contributed by atoms with van der Waals surface area (Å²) in [5.41, 5.74) is 0. The highest BCUT2D eigenvalue weighted by Gasteiger charge is 2.30. The maximum Gasteiger partial charge on any atom is 0.328 e. The molecule has 0 spiro atoms. The quantitative estimate of drug-likeness (QED) is 0.441. The second-order valence-corrected chi connectivity index (χ2v) is 8.37. The lowest BCUT2D eigenvalue weighted by Gasteiger charge is -2.31. The Bertz CT molecular complexity index is 762. The van der Waals surface area contributed by atoms with Gasteiger partial charge in [0.25, 0.3) is 0 Å². The molecule has 0 radical (unpaired) electrons. The van der Waals surface area contributed by atoms with Crippen molar-refractivity contribution in [1.82, 2.24) is 5.32 Å². The van der Waals surface area contributed by atoms with E-state index in [1.54, 1.807) is 30.4 Å². The number of rotatable bonds is 1. The Morgan fingerprint density at radius 3 is 2.36 bits per heavy atom. The number of ether oxygens (including phenoxy) is 4. The highest BCUT2D eigenvalue weighted by molar-refractivity contribution is 5.84. The van der Waals surface area contributed by atoms with E-state index in [0.29, 0.717) is 0 Å². The van der Waals surface area contributed by atoms with Gasteiger partial charge in [0.15, 0.2) is 0 Å². The first-order valence-corrected chi connectivity index (χ1v) is 11.2. The van der Waals surface area contributed by atoms with Gasteiger partial charge in [-0.2, -0.15) is 0 Å². The lowest BCUT2D eigenvalue weighted by atomic mass is 9.99. The molecule has 0 aromatic carbocycles. The van der Waals surface area contributed by atoms with Gasteiger partial charge in [0.2, 0.25) is 5.91 Å². The number of carbonyl (C=O) groups is 3. The molecule has 33 heavy (non-hydrogen) atoms. The molecule has 1 amide bonds. The summed E-state index contributed by atoms with van der Waals surface area (Å²) in [6.07, 6.45) is 8.18. The van der Waals surface area contributed by atoms with E-state index < -0.39 is 24.2 Å². The fourth-order valence-electron chi connectivity index (χ4n) is 3.43. The van der Waals surface area contributed by atoms with E-state index in [4.69, 9.17) is 18.9 Å². The molecule has 2 bridgehead atoms. The fourth-order valence-corrected chi connectivity index (χ4v) is 3.43.